The first kappa shape index (κ1) is 8.54. The van der Waals surface area contributed by atoms with Gasteiger partial charge in [0.15, 0.2) is 0 Å². The summed E-state index contributed by atoms with van der Waals surface area (Å²) in [6, 6.07) is 2.10. The molecular formula is C7H12N2OS. The van der Waals surface area contributed by atoms with Crippen LogP contribution < -0.4 is 0 Å². The molecule has 0 amide bonds. The molecule has 62 valence electrons. The highest BCUT2D eigenvalue weighted by molar-refractivity contribution is 7.94. The highest BCUT2D eigenvalue weighted by Gasteiger charge is 2.35. The summed E-state index contributed by atoms with van der Waals surface area (Å²) >= 11 is 0. The topological polar surface area (TPSA) is 53.2 Å². The minimum Gasteiger partial charge on any atom is -0.248 e. The summed E-state index contributed by atoms with van der Waals surface area (Å²) in [5.41, 5.74) is 0. The molecule has 0 bridgehead atoms. The molecule has 0 aliphatic carbocycles. The molecular weight excluding hydrogens is 160 g/mol. The van der Waals surface area contributed by atoms with Crippen molar-refractivity contribution in [3.05, 3.63) is 0 Å². The van der Waals surface area contributed by atoms with E-state index in [1.165, 1.54) is 0 Å². The van der Waals surface area contributed by atoms with E-state index in [1.54, 1.807) is 13.2 Å². The van der Waals surface area contributed by atoms with Gasteiger partial charge in [-0.15, -0.1) is 0 Å². The summed E-state index contributed by atoms with van der Waals surface area (Å²) < 4.78 is 15.0. The first-order valence-electron chi connectivity index (χ1n) is 3.61. The summed E-state index contributed by atoms with van der Waals surface area (Å²) in [6.07, 6.45) is 3.17. The molecule has 11 heavy (non-hydrogen) atoms. The van der Waals surface area contributed by atoms with Crippen LogP contribution in [0.1, 0.15) is 19.8 Å². The molecule has 0 N–H and O–H groups in total. The summed E-state index contributed by atoms with van der Waals surface area (Å²) in [7, 11) is -2.26. The largest absolute Gasteiger partial charge is 0.248 e. The van der Waals surface area contributed by atoms with Crippen molar-refractivity contribution in [3.63, 3.8) is 0 Å². The van der Waals surface area contributed by atoms with Gasteiger partial charge in [-0.1, -0.05) is 0 Å². The van der Waals surface area contributed by atoms with E-state index < -0.39 is 14.5 Å². The predicted octanol–water partition coefficient (Wildman–Crippen LogP) is 1.16. The third kappa shape index (κ3) is 1.25. The van der Waals surface area contributed by atoms with Crippen LogP contribution in [-0.2, 0) is 9.73 Å². The maximum Gasteiger partial charge on any atom is 0.137 e. The minimum absolute atomic E-state index is 0.645. The zero-order valence-corrected chi connectivity index (χ0v) is 7.65. The lowest BCUT2D eigenvalue weighted by Crippen LogP contribution is -2.35. The van der Waals surface area contributed by atoms with Crippen LogP contribution in [0.3, 0.4) is 0 Å². The van der Waals surface area contributed by atoms with Crippen LogP contribution in [0.4, 0.5) is 0 Å². The van der Waals surface area contributed by atoms with E-state index in [0.29, 0.717) is 13.0 Å². The fourth-order valence-corrected chi connectivity index (χ4v) is 2.58. The third-order valence-corrected chi connectivity index (χ3v) is 4.86. The van der Waals surface area contributed by atoms with Gasteiger partial charge in [0.25, 0.3) is 0 Å². The lowest BCUT2D eigenvalue weighted by molar-refractivity contribution is 0.589. The fourth-order valence-electron chi connectivity index (χ4n) is 1.13. The molecule has 3 nitrogen and oxygen atoms in total. The second-order valence-corrected chi connectivity index (χ2v) is 5.87. The fraction of sp³-hybridized carbons (Fsp3) is 0.857. The SMILES string of the molecule is C[C@@]1(C#N)CCCN=[S@@]1(C)=O. The summed E-state index contributed by atoms with van der Waals surface area (Å²) in [6.45, 7) is 2.38. The summed E-state index contributed by atoms with van der Waals surface area (Å²) in [5, 5.41) is 8.80. The van der Waals surface area contributed by atoms with Crippen LogP contribution in [-0.4, -0.2) is 21.8 Å². The number of nitrogens with zero attached hydrogens (tertiary/aromatic N) is 2. The van der Waals surface area contributed by atoms with Gasteiger partial charge < -0.3 is 0 Å². The van der Waals surface area contributed by atoms with Crippen LogP contribution in [0.15, 0.2) is 4.36 Å². The zero-order valence-electron chi connectivity index (χ0n) is 6.83. The molecule has 0 aromatic rings. The Bertz CT molecular complexity index is 309. The van der Waals surface area contributed by atoms with Crippen molar-refractivity contribution in [2.75, 3.05) is 12.8 Å². The number of hydrogen-bond acceptors (Lipinski definition) is 3. The van der Waals surface area contributed by atoms with E-state index in [1.807, 2.05) is 0 Å². The number of nitriles is 1. The maximum atomic E-state index is 11.7. The predicted molar refractivity (Wildman–Crippen MR) is 44.6 cm³/mol. The minimum atomic E-state index is -2.26. The Kier molecular flexibility index (Phi) is 1.93. The van der Waals surface area contributed by atoms with Crippen molar-refractivity contribution < 1.29 is 4.21 Å². The van der Waals surface area contributed by atoms with Crippen LogP contribution >= 0.6 is 0 Å². The average molecular weight is 172 g/mol. The van der Waals surface area contributed by atoms with Crippen LogP contribution in [0.2, 0.25) is 0 Å². The van der Waals surface area contributed by atoms with Crippen molar-refractivity contribution in [2.24, 2.45) is 4.36 Å². The summed E-state index contributed by atoms with van der Waals surface area (Å²) in [4.78, 5) is 0. The van der Waals surface area contributed by atoms with Crippen molar-refractivity contribution in [1.29, 1.82) is 5.26 Å². The highest BCUT2D eigenvalue weighted by atomic mass is 32.2. The van der Waals surface area contributed by atoms with Crippen molar-refractivity contribution >= 4 is 9.73 Å². The van der Waals surface area contributed by atoms with Gasteiger partial charge in [0, 0.05) is 12.8 Å². The second kappa shape index (κ2) is 2.49. The molecule has 4 heteroatoms. The zero-order chi connectivity index (χ0) is 8.54. The first-order valence-corrected chi connectivity index (χ1v) is 5.53. The van der Waals surface area contributed by atoms with E-state index in [9.17, 15) is 4.21 Å². The monoisotopic (exact) mass is 172 g/mol. The van der Waals surface area contributed by atoms with Gasteiger partial charge in [-0.3, -0.25) is 0 Å². The highest BCUT2D eigenvalue weighted by Crippen LogP contribution is 2.27. The normalized spacial score (nSPS) is 44.1. The Morgan fingerprint density at radius 1 is 1.73 bits per heavy atom. The molecule has 0 saturated heterocycles. The molecule has 0 unspecified atom stereocenters. The van der Waals surface area contributed by atoms with Gasteiger partial charge in [0.1, 0.15) is 4.75 Å². The van der Waals surface area contributed by atoms with Gasteiger partial charge in [0.05, 0.1) is 15.8 Å². The van der Waals surface area contributed by atoms with E-state index in [0.717, 1.165) is 6.42 Å². The Morgan fingerprint density at radius 2 is 2.36 bits per heavy atom. The molecule has 0 fully saturated rings. The Labute approximate surface area is 67.6 Å². The Balaban J connectivity index is 3.20. The van der Waals surface area contributed by atoms with E-state index >= 15 is 0 Å². The van der Waals surface area contributed by atoms with Gasteiger partial charge in [-0.2, -0.15) is 5.26 Å². The van der Waals surface area contributed by atoms with Crippen molar-refractivity contribution in [2.45, 2.75) is 24.5 Å². The van der Waals surface area contributed by atoms with Crippen molar-refractivity contribution in [3.8, 4) is 6.07 Å². The molecule has 0 saturated carbocycles. The number of hydrogen-bond donors (Lipinski definition) is 0. The average Bonchev–Trinajstić information content (AvgIpc) is 1.95. The van der Waals surface area contributed by atoms with E-state index in [-0.39, 0.29) is 0 Å². The molecule has 0 aromatic carbocycles. The molecule has 1 rings (SSSR count). The van der Waals surface area contributed by atoms with Gasteiger partial charge in [-0.05, 0) is 19.8 Å². The molecule has 2 atom stereocenters. The molecule has 1 aliphatic rings. The molecule has 0 aromatic heterocycles. The van der Waals surface area contributed by atoms with Crippen LogP contribution in [0.5, 0.6) is 0 Å². The first-order chi connectivity index (χ1) is 5.02. The Morgan fingerprint density at radius 3 is 2.73 bits per heavy atom. The maximum absolute atomic E-state index is 11.7. The van der Waals surface area contributed by atoms with E-state index in [2.05, 4.69) is 10.4 Å². The van der Waals surface area contributed by atoms with Gasteiger partial charge >= 0.3 is 0 Å². The summed E-state index contributed by atoms with van der Waals surface area (Å²) in [5.74, 6) is 0. The molecule has 0 spiro atoms. The lowest BCUT2D eigenvalue weighted by Gasteiger charge is -2.26. The van der Waals surface area contributed by atoms with Crippen LogP contribution in [0, 0.1) is 11.3 Å². The molecule has 0 radical (unpaired) electrons. The smallest absolute Gasteiger partial charge is 0.137 e. The number of rotatable bonds is 0. The van der Waals surface area contributed by atoms with E-state index in [4.69, 9.17) is 5.26 Å². The lowest BCUT2D eigenvalue weighted by atomic mass is 10.1. The van der Waals surface area contributed by atoms with Crippen molar-refractivity contribution in [1.82, 2.24) is 0 Å². The third-order valence-electron chi connectivity index (χ3n) is 2.22. The standard InChI is InChI=1S/C7H12N2OS/c1-7(6-8)4-3-5-9-11(7,2)10/h3-5H2,1-2H3/t7-,11-/m0/s1. The van der Waals surface area contributed by atoms with Gasteiger partial charge in [0.2, 0.25) is 0 Å². The molecule has 1 aliphatic heterocycles. The van der Waals surface area contributed by atoms with Gasteiger partial charge in [-0.25, -0.2) is 8.57 Å². The second-order valence-electron chi connectivity index (χ2n) is 3.10. The van der Waals surface area contributed by atoms with Crippen LogP contribution in [0.25, 0.3) is 0 Å². The molecule has 1 heterocycles. The quantitative estimate of drug-likeness (QED) is 0.550. The Hall–Kier alpha value is -0.560.